The number of rotatable bonds is 10. The molecule has 0 aliphatic heterocycles. The largest absolute Gasteiger partial charge is 0.493 e. The fourth-order valence-corrected chi connectivity index (χ4v) is 2.96. The van der Waals surface area contributed by atoms with Crippen molar-refractivity contribution in [2.24, 2.45) is 16.6 Å². The van der Waals surface area contributed by atoms with Crippen molar-refractivity contribution in [3.8, 4) is 5.75 Å². The van der Waals surface area contributed by atoms with E-state index in [0.717, 1.165) is 21.5 Å². The molecule has 10 heteroatoms. The highest BCUT2D eigenvalue weighted by Gasteiger charge is 2.00. The van der Waals surface area contributed by atoms with Gasteiger partial charge in [0.1, 0.15) is 18.9 Å². The molecule has 0 spiro atoms. The average molecular weight is 485 g/mol. The third-order valence-corrected chi connectivity index (χ3v) is 4.90. The molecule has 6 N–H and O–H groups in total. The summed E-state index contributed by atoms with van der Waals surface area (Å²) in [5, 5.41) is 11.8. The molecule has 29 heavy (non-hydrogen) atoms. The molecule has 2 aromatic carbocycles. The fourth-order valence-electron chi connectivity index (χ4n) is 1.77. The van der Waals surface area contributed by atoms with Crippen LogP contribution in [0.2, 0.25) is 0 Å². The zero-order valence-electron chi connectivity index (χ0n) is 16.0. The lowest BCUT2D eigenvalue weighted by molar-refractivity contribution is -0.135. The number of ether oxygens (including phenoxy) is 1. The summed E-state index contributed by atoms with van der Waals surface area (Å²) in [7, 11) is 0. The van der Waals surface area contributed by atoms with Gasteiger partial charge >= 0.3 is 5.97 Å². The van der Waals surface area contributed by atoms with Gasteiger partial charge in [-0.3, -0.25) is 4.79 Å². The molecule has 2 rings (SSSR count). The Balaban J connectivity index is 0.000000296. The van der Waals surface area contributed by atoms with E-state index in [4.69, 9.17) is 26.1 Å². The third kappa shape index (κ3) is 12.6. The van der Waals surface area contributed by atoms with Gasteiger partial charge in [-0.05, 0) is 64.2 Å². The van der Waals surface area contributed by atoms with Crippen LogP contribution in [0.5, 0.6) is 5.75 Å². The van der Waals surface area contributed by atoms with E-state index < -0.39 is 5.97 Å². The third-order valence-electron chi connectivity index (χ3n) is 3.08. The van der Waals surface area contributed by atoms with Crippen LogP contribution in [0.25, 0.3) is 0 Å². The summed E-state index contributed by atoms with van der Waals surface area (Å²) in [5.74, 6) is -0.0774. The van der Waals surface area contributed by atoms with Crippen molar-refractivity contribution < 1.29 is 19.5 Å². The highest BCUT2D eigenvalue weighted by Crippen LogP contribution is 2.24. The quantitative estimate of drug-likeness (QED) is 0.133. The van der Waals surface area contributed by atoms with E-state index in [1.807, 2.05) is 55.5 Å². The Morgan fingerprint density at radius 1 is 1.17 bits per heavy atom. The van der Waals surface area contributed by atoms with Gasteiger partial charge in [-0.25, -0.2) is 4.72 Å². The first kappa shape index (κ1) is 24.6. The van der Waals surface area contributed by atoms with Gasteiger partial charge < -0.3 is 26.1 Å². The second kappa shape index (κ2) is 14.6. The summed E-state index contributed by atoms with van der Waals surface area (Å²) in [6.45, 7) is 2.99. The number of aryl methyl sites for hydroxylation is 1. The summed E-state index contributed by atoms with van der Waals surface area (Å²) in [6.07, 6.45) is 0.727. The Kier molecular flexibility index (Phi) is 12.3. The smallest absolute Gasteiger partial charge is 0.318 e. The summed E-state index contributed by atoms with van der Waals surface area (Å²) in [5.41, 5.74) is 11.4. The van der Waals surface area contributed by atoms with Crippen LogP contribution in [0.4, 0.5) is 0 Å². The van der Waals surface area contributed by atoms with Crippen molar-refractivity contribution in [3.05, 3.63) is 58.6 Å². The number of carboxylic acids is 1. The van der Waals surface area contributed by atoms with Gasteiger partial charge in [-0.1, -0.05) is 29.8 Å². The second-order valence-electron chi connectivity index (χ2n) is 5.61. The number of halogens is 1. The van der Waals surface area contributed by atoms with Crippen molar-refractivity contribution in [2.45, 2.75) is 18.2 Å². The Bertz CT molecular complexity index is 771. The summed E-state index contributed by atoms with van der Waals surface area (Å²) < 4.78 is 9.16. The molecule has 8 nitrogen and oxygen atoms in total. The molecule has 0 aromatic heterocycles. The maximum absolute atomic E-state index is 10.2. The van der Waals surface area contributed by atoms with Gasteiger partial charge in [-0.2, -0.15) is 0 Å². The predicted molar refractivity (Wildman–Crippen MR) is 119 cm³/mol. The van der Waals surface area contributed by atoms with E-state index in [0.29, 0.717) is 13.2 Å². The fraction of sp³-hybridized carbons (Fsp3) is 0.263. The highest BCUT2D eigenvalue weighted by atomic mass is 79.9. The van der Waals surface area contributed by atoms with E-state index >= 15 is 0 Å². The number of aliphatic carboxylic acids is 1. The summed E-state index contributed by atoms with van der Waals surface area (Å²) in [6, 6.07) is 15.5. The van der Waals surface area contributed by atoms with Crippen molar-refractivity contribution in [3.63, 3.8) is 0 Å². The van der Waals surface area contributed by atoms with Crippen molar-refractivity contribution in [2.75, 3.05) is 19.8 Å². The zero-order valence-corrected chi connectivity index (χ0v) is 18.4. The van der Waals surface area contributed by atoms with Gasteiger partial charge in [0.05, 0.1) is 6.61 Å². The maximum Gasteiger partial charge on any atom is 0.318 e. The number of hydrogen-bond acceptors (Lipinski definition) is 6. The average Bonchev–Trinajstić information content (AvgIpc) is 2.67. The molecule has 0 saturated carbocycles. The Labute approximate surface area is 182 Å². The number of nitrogens with two attached hydrogens (primary N) is 2. The molecule has 0 heterocycles. The van der Waals surface area contributed by atoms with Crippen LogP contribution in [0, 0.1) is 6.92 Å². The van der Waals surface area contributed by atoms with Gasteiger partial charge in [0.25, 0.3) is 0 Å². The minimum atomic E-state index is -0.862. The minimum Gasteiger partial charge on any atom is -0.493 e. The molecular weight excluding hydrogens is 460 g/mol. The molecule has 0 fully saturated rings. The topological polar surface area (TPSA) is 132 Å². The zero-order chi connectivity index (χ0) is 21.5. The van der Waals surface area contributed by atoms with Gasteiger partial charge in [0.2, 0.25) is 5.96 Å². The number of hydrogen-bond donors (Lipinski definition) is 4. The number of nitrogens with zero attached hydrogens (tertiary/aromatic N) is 1. The number of oxime groups is 1. The number of nitrogens with one attached hydrogen (secondary N) is 1. The first-order valence-corrected chi connectivity index (χ1v) is 10.3. The molecule has 0 unspecified atom stereocenters. The van der Waals surface area contributed by atoms with E-state index in [2.05, 4.69) is 25.8 Å². The first-order valence-electron chi connectivity index (χ1n) is 8.65. The van der Waals surface area contributed by atoms with E-state index in [1.165, 1.54) is 17.5 Å². The van der Waals surface area contributed by atoms with Gasteiger partial charge in [0, 0.05) is 15.8 Å². The van der Waals surface area contributed by atoms with Crippen LogP contribution < -0.4 is 20.9 Å². The normalized spacial score (nSPS) is 9.72. The first-order chi connectivity index (χ1) is 13.9. The standard InChI is InChI=1S/C11H17N3O2.C8H8BrNO2S/c1-9-3-5-10(6-4-9)15-7-2-8-16-14-11(12)13;9-6-3-1-2-4-7(6)13-10-5-8(11)12/h3-6H,2,7-8H2,1H3,(H4,12,13,14);1-4,10H,5H2,(H,11,12). The molecule has 158 valence electrons. The van der Waals surface area contributed by atoms with Crippen LogP contribution >= 0.6 is 27.9 Å². The van der Waals surface area contributed by atoms with E-state index in [1.54, 1.807) is 0 Å². The molecule has 0 amide bonds. The lowest BCUT2D eigenvalue weighted by Gasteiger charge is -2.05. The SMILES string of the molecule is Cc1ccc(OCCCON=C(N)N)cc1.O=C(O)CNSc1ccccc1Br. The molecule has 0 atom stereocenters. The van der Waals surface area contributed by atoms with E-state index in [9.17, 15) is 4.79 Å². The van der Waals surface area contributed by atoms with Crippen molar-refractivity contribution >= 4 is 39.8 Å². The monoisotopic (exact) mass is 484 g/mol. The lowest BCUT2D eigenvalue weighted by atomic mass is 10.2. The number of carbonyl (C=O) groups is 1. The van der Waals surface area contributed by atoms with Crippen LogP contribution in [0.3, 0.4) is 0 Å². The molecule has 0 bridgehead atoms. The molecule has 2 aromatic rings. The Hall–Kier alpha value is -2.43. The van der Waals surface area contributed by atoms with Gasteiger partial charge in [-0.15, -0.1) is 0 Å². The number of carboxylic acid groups (broad SMARTS) is 1. The predicted octanol–water partition coefficient (Wildman–Crippen LogP) is 3.10. The summed E-state index contributed by atoms with van der Waals surface area (Å²) in [4.78, 5) is 16.0. The highest BCUT2D eigenvalue weighted by molar-refractivity contribution is 9.10. The van der Waals surface area contributed by atoms with Crippen LogP contribution in [-0.4, -0.2) is 36.8 Å². The van der Waals surface area contributed by atoms with Crippen molar-refractivity contribution in [1.29, 1.82) is 0 Å². The summed E-state index contributed by atoms with van der Waals surface area (Å²) >= 11 is 4.65. The van der Waals surface area contributed by atoms with Gasteiger partial charge in [0.15, 0.2) is 0 Å². The molecule has 0 radical (unpaired) electrons. The molecular formula is C19H25BrN4O4S. The Morgan fingerprint density at radius 2 is 1.86 bits per heavy atom. The number of guanidine groups is 1. The van der Waals surface area contributed by atoms with Crippen LogP contribution in [0.1, 0.15) is 12.0 Å². The maximum atomic E-state index is 10.2. The molecule has 0 saturated heterocycles. The lowest BCUT2D eigenvalue weighted by Crippen LogP contribution is -2.23. The van der Waals surface area contributed by atoms with Crippen LogP contribution in [0.15, 0.2) is 63.1 Å². The van der Waals surface area contributed by atoms with Crippen molar-refractivity contribution in [1.82, 2.24) is 4.72 Å². The molecule has 0 aliphatic carbocycles. The number of benzene rings is 2. The Morgan fingerprint density at radius 3 is 2.48 bits per heavy atom. The van der Waals surface area contributed by atoms with Crippen LogP contribution in [-0.2, 0) is 9.63 Å². The molecule has 0 aliphatic rings. The van der Waals surface area contributed by atoms with E-state index in [-0.39, 0.29) is 12.5 Å². The second-order valence-corrected chi connectivity index (χ2v) is 7.40. The minimum absolute atomic E-state index is 0.0496.